The Morgan fingerprint density at radius 1 is 1.14 bits per heavy atom. The summed E-state index contributed by atoms with van der Waals surface area (Å²) in [4.78, 5) is 33.7. The second-order valence-electron chi connectivity index (χ2n) is 8.55. The fraction of sp³-hybridized carbons (Fsp3) is 0.320. The Bertz CT molecular complexity index is 1400. The van der Waals surface area contributed by atoms with Crippen LogP contribution < -0.4 is 10.2 Å². The topological polar surface area (TPSA) is 96.4 Å². The number of hydrogen-bond acceptors (Lipinski definition) is 8. The van der Waals surface area contributed by atoms with Gasteiger partial charge < -0.3 is 19.9 Å². The van der Waals surface area contributed by atoms with Gasteiger partial charge in [0.05, 0.1) is 24.1 Å². The Kier molecular flexibility index (Phi) is 6.02. The third-order valence-corrected chi connectivity index (χ3v) is 6.42. The molecular formula is C25H26FN7O2. The molecular weight excluding hydrogens is 449 g/mol. The maximum atomic E-state index is 14.4. The van der Waals surface area contributed by atoms with E-state index < -0.39 is 0 Å². The minimum atomic E-state index is -0.339. The summed E-state index contributed by atoms with van der Waals surface area (Å²) < 4.78 is 19.2. The fourth-order valence-electron chi connectivity index (χ4n) is 4.46. The number of rotatable bonds is 4. The highest BCUT2D eigenvalue weighted by Gasteiger charge is 2.26. The third-order valence-electron chi connectivity index (χ3n) is 6.42. The molecule has 4 heterocycles. The number of benzene rings is 1. The lowest BCUT2D eigenvalue weighted by molar-refractivity contribution is 0.121. The summed E-state index contributed by atoms with van der Waals surface area (Å²) >= 11 is 0. The largest absolute Gasteiger partial charge is 0.453 e. The Hall–Kier alpha value is -4.08. The molecule has 1 saturated heterocycles. The number of carbonyl (C=O) groups excluding carboxylic acids is 1. The van der Waals surface area contributed by atoms with E-state index in [1.165, 1.54) is 19.5 Å². The van der Waals surface area contributed by atoms with Crippen molar-refractivity contribution >= 4 is 39.7 Å². The van der Waals surface area contributed by atoms with E-state index in [1.54, 1.807) is 24.1 Å². The molecule has 1 fully saturated rings. The average Bonchev–Trinajstić information content (AvgIpc) is 2.90. The summed E-state index contributed by atoms with van der Waals surface area (Å²) in [6, 6.07) is 8.88. The van der Waals surface area contributed by atoms with Crippen molar-refractivity contribution in [2.24, 2.45) is 0 Å². The Morgan fingerprint density at radius 3 is 2.71 bits per heavy atom. The number of anilines is 2. The van der Waals surface area contributed by atoms with Crippen molar-refractivity contribution < 1.29 is 13.9 Å². The number of hydrogen-bond donors (Lipinski definition) is 1. The smallest absolute Gasteiger partial charge is 0.409 e. The SMILES string of the molecule is COC(=O)N1CCN(c2nc3c(C)c(F)ccc3cc2C(C)Nc2ncnc3ncccc23)CC1. The van der Waals surface area contributed by atoms with Crippen LogP contribution in [0.5, 0.6) is 0 Å². The highest BCUT2D eigenvalue weighted by Crippen LogP contribution is 2.33. The van der Waals surface area contributed by atoms with Gasteiger partial charge in [-0.2, -0.15) is 0 Å². The van der Waals surface area contributed by atoms with Crippen molar-refractivity contribution in [3.63, 3.8) is 0 Å². The van der Waals surface area contributed by atoms with Gasteiger partial charge in [0.25, 0.3) is 0 Å². The molecule has 35 heavy (non-hydrogen) atoms. The number of halogens is 1. The van der Waals surface area contributed by atoms with Gasteiger partial charge in [-0.3, -0.25) is 0 Å². The number of pyridine rings is 2. The molecule has 1 amide bonds. The van der Waals surface area contributed by atoms with E-state index >= 15 is 0 Å². The van der Waals surface area contributed by atoms with Gasteiger partial charge in [-0.05, 0) is 44.2 Å². The van der Waals surface area contributed by atoms with Gasteiger partial charge in [0, 0.05) is 48.9 Å². The molecule has 1 aromatic carbocycles. The van der Waals surface area contributed by atoms with Crippen LogP contribution in [0, 0.1) is 12.7 Å². The van der Waals surface area contributed by atoms with Crippen molar-refractivity contribution in [2.75, 3.05) is 43.5 Å². The van der Waals surface area contributed by atoms with Crippen LogP contribution in [0.4, 0.5) is 20.8 Å². The standard InChI is InChI=1S/C25H26FN7O2/c1-15-20(26)7-6-17-13-19(16(2)30-23-18-5-4-8-27-22(18)28-14-29-23)24(31-21(15)17)32-9-11-33(12-10-32)25(34)35-3/h4-8,13-14,16H,9-12H2,1-3H3,(H,27,28,29,30). The molecule has 0 spiro atoms. The predicted molar refractivity (Wildman–Crippen MR) is 132 cm³/mol. The van der Waals surface area contributed by atoms with E-state index in [1.807, 2.05) is 19.1 Å². The fourth-order valence-corrected chi connectivity index (χ4v) is 4.46. The molecule has 0 aliphatic carbocycles. The summed E-state index contributed by atoms with van der Waals surface area (Å²) in [5, 5.41) is 5.17. The molecule has 4 aromatic rings. The number of ether oxygens (including phenoxy) is 1. The van der Waals surface area contributed by atoms with E-state index in [9.17, 15) is 9.18 Å². The third kappa shape index (κ3) is 4.27. The van der Waals surface area contributed by atoms with Crippen molar-refractivity contribution in [1.29, 1.82) is 0 Å². The van der Waals surface area contributed by atoms with Crippen LogP contribution in [-0.4, -0.2) is 64.2 Å². The van der Waals surface area contributed by atoms with Crippen molar-refractivity contribution in [1.82, 2.24) is 24.8 Å². The second-order valence-corrected chi connectivity index (χ2v) is 8.55. The Balaban J connectivity index is 1.54. The first kappa shape index (κ1) is 22.7. The molecule has 1 N–H and O–H groups in total. The number of aryl methyl sites for hydroxylation is 1. The summed E-state index contributed by atoms with van der Waals surface area (Å²) in [6.07, 6.45) is 2.85. The van der Waals surface area contributed by atoms with Gasteiger partial charge in [-0.1, -0.05) is 0 Å². The molecule has 180 valence electrons. The maximum Gasteiger partial charge on any atom is 0.409 e. The second kappa shape index (κ2) is 9.28. The van der Waals surface area contributed by atoms with Crippen molar-refractivity contribution in [3.8, 4) is 0 Å². The molecule has 1 aliphatic heterocycles. The number of methoxy groups -OCH3 is 1. The number of piperazine rings is 1. The predicted octanol–water partition coefficient (Wildman–Crippen LogP) is 4.08. The first-order valence-electron chi connectivity index (χ1n) is 11.5. The van der Waals surface area contributed by atoms with Crippen LogP contribution in [0.25, 0.3) is 21.9 Å². The van der Waals surface area contributed by atoms with Gasteiger partial charge in [-0.15, -0.1) is 0 Å². The first-order chi connectivity index (χ1) is 17.0. The molecule has 5 rings (SSSR count). The van der Waals surface area contributed by atoms with E-state index in [0.717, 1.165) is 22.2 Å². The number of aromatic nitrogens is 4. The van der Waals surface area contributed by atoms with Gasteiger partial charge in [0.15, 0.2) is 5.65 Å². The van der Waals surface area contributed by atoms with Crippen LogP contribution >= 0.6 is 0 Å². The molecule has 1 unspecified atom stereocenters. The quantitative estimate of drug-likeness (QED) is 0.472. The number of nitrogens with zero attached hydrogens (tertiary/aromatic N) is 6. The summed E-state index contributed by atoms with van der Waals surface area (Å²) in [7, 11) is 1.38. The molecule has 1 atom stereocenters. The zero-order valence-electron chi connectivity index (χ0n) is 19.8. The zero-order valence-corrected chi connectivity index (χ0v) is 19.8. The van der Waals surface area contributed by atoms with E-state index in [-0.39, 0.29) is 18.0 Å². The number of carbonyl (C=O) groups is 1. The molecule has 0 saturated carbocycles. The average molecular weight is 476 g/mol. The molecule has 3 aromatic heterocycles. The van der Waals surface area contributed by atoms with Gasteiger partial charge in [0.1, 0.15) is 23.8 Å². The lowest BCUT2D eigenvalue weighted by Crippen LogP contribution is -2.49. The minimum absolute atomic E-state index is 0.177. The maximum absolute atomic E-state index is 14.4. The zero-order chi connectivity index (χ0) is 24.5. The van der Waals surface area contributed by atoms with Crippen molar-refractivity contribution in [2.45, 2.75) is 19.9 Å². The normalized spacial score (nSPS) is 14.9. The van der Waals surface area contributed by atoms with E-state index in [2.05, 4.69) is 31.2 Å². The summed E-state index contributed by atoms with van der Waals surface area (Å²) in [5.74, 6) is 1.14. The lowest BCUT2D eigenvalue weighted by atomic mass is 10.0. The molecule has 10 heteroatoms. The molecule has 0 bridgehead atoms. The summed E-state index contributed by atoms with van der Waals surface area (Å²) in [5.41, 5.74) is 2.70. The van der Waals surface area contributed by atoms with Crippen LogP contribution in [0.1, 0.15) is 24.1 Å². The number of nitrogens with one attached hydrogen (secondary N) is 1. The Morgan fingerprint density at radius 2 is 1.94 bits per heavy atom. The minimum Gasteiger partial charge on any atom is -0.453 e. The van der Waals surface area contributed by atoms with Gasteiger partial charge in [0.2, 0.25) is 0 Å². The number of fused-ring (bicyclic) bond motifs is 2. The van der Waals surface area contributed by atoms with E-state index in [0.29, 0.717) is 48.7 Å². The van der Waals surface area contributed by atoms with Crippen molar-refractivity contribution in [3.05, 3.63) is 59.8 Å². The highest BCUT2D eigenvalue weighted by atomic mass is 19.1. The molecule has 0 radical (unpaired) electrons. The van der Waals surface area contributed by atoms with E-state index in [4.69, 9.17) is 9.72 Å². The van der Waals surface area contributed by atoms with Gasteiger partial charge in [-0.25, -0.2) is 29.1 Å². The molecule has 1 aliphatic rings. The highest BCUT2D eigenvalue weighted by molar-refractivity contribution is 5.87. The first-order valence-corrected chi connectivity index (χ1v) is 11.5. The lowest BCUT2D eigenvalue weighted by Gasteiger charge is -2.36. The Labute approximate surface area is 202 Å². The summed E-state index contributed by atoms with van der Waals surface area (Å²) in [6.45, 7) is 5.98. The van der Waals surface area contributed by atoms with Crippen LogP contribution in [0.2, 0.25) is 0 Å². The van der Waals surface area contributed by atoms with Crippen LogP contribution in [0.3, 0.4) is 0 Å². The molecule has 9 nitrogen and oxygen atoms in total. The number of amides is 1. The van der Waals surface area contributed by atoms with Crippen LogP contribution in [-0.2, 0) is 4.74 Å². The van der Waals surface area contributed by atoms with Gasteiger partial charge >= 0.3 is 6.09 Å². The van der Waals surface area contributed by atoms with Crippen LogP contribution in [0.15, 0.2) is 42.9 Å². The monoisotopic (exact) mass is 475 g/mol.